The molecule has 0 saturated heterocycles. The van der Waals surface area contributed by atoms with Crippen LogP contribution in [0, 0.1) is 0 Å². The molecular formula is C97H62O. The Bertz CT molecular complexity index is 6450. The van der Waals surface area contributed by atoms with E-state index in [4.69, 9.17) is 0 Å². The quantitative estimate of drug-likeness (QED) is 0.0800. The summed E-state index contributed by atoms with van der Waals surface area (Å²) in [6.07, 6.45) is 5.27. The van der Waals surface area contributed by atoms with Gasteiger partial charge in [-0.2, -0.15) is 0 Å². The van der Waals surface area contributed by atoms with Gasteiger partial charge in [0.1, 0.15) is 6.29 Å². The van der Waals surface area contributed by atoms with Crippen molar-refractivity contribution in [2.24, 2.45) is 0 Å². The molecule has 19 rings (SSSR count). The first-order valence-electron chi connectivity index (χ1n) is 33.7. The van der Waals surface area contributed by atoms with Crippen molar-refractivity contribution in [2.75, 3.05) is 0 Å². The first-order chi connectivity index (χ1) is 48.5. The van der Waals surface area contributed by atoms with Gasteiger partial charge in [0.15, 0.2) is 0 Å². The lowest BCUT2D eigenvalue weighted by Gasteiger charge is -2.19. The average Bonchev–Trinajstić information content (AvgIpc) is 0.734. The number of rotatable bonds is 9. The molecule has 0 unspecified atom stereocenters. The van der Waals surface area contributed by atoms with Crippen molar-refractivity contribution in [3.8, 4) is 66.8 Å². The highest BCUT2D eigenvalue weighted by Gasteiger charge is 2.21. The van der Waals surface area contributed by atoms with Gasteiger partial charge in [-0.15, -0.1) is 0 Å². The van der Waals surface area contributed by atoms with Crippen LogP contribution in [-0.4, -0.2) is 6.29 Å². The Labute approximate surface area is 568 Å². The molecule has 0 aromatic heterocycles. The Morgan fingerprint density at radius 3 is 0.796 bits per heavy atom. The van der Waals surface area contributed by atoms with Gasteiger partial charge in [0, 0.05) is 5.56 Å². The maximum atomic E-state index is 11.4. The van der Waals surface area contributed by atoms with Gasteiger partial charge >= 0.3 is 0 Å². The predicted molar refractivity (Wildman–Crippen MR) is 421 cm³/mol. The lowest BCUT2D eigenvalue weighted by molar-refractivity contribution is 0.112. The molecule has 0 aliphatic heterocycles. The summed E-state index contributed by atoms with van der Waals surface area (Å²) >= 11 is 0. The number of fused-ring (bicyclic) bond motifs is 10. The van der Waals surface area contributed by atoms with Crippen molar-refractivity contribution in [1.82, 2.24) is 0 Å². The van der Waals surface area contributed by atoms with Crippen LogP contribution in [0.25, 0.3) is 187 Å². The minimum atomic E-state index is 0.694. The third-order valence-corrected chi connectivity index (χ3v) is 20.0. The van der Waals surface area contributed by atoms with Crippen LogP contribution in [0.2, 0.25) is 0 Å². The molecule has 0 heterocycles. The SMILES string of the molecule is C(=C\c1ccc2cc(-c3ccc4c(-c5ccc6ccccc6c5)c5ccccc5c(-c5ccc6ccccc6c5)c4c3)ccc2c1)/c1ccccc1.O=Cc1ccc2cc(-c3ccc4c(-c5ccc6ccccc6c5)c5ccccc5c(-c5ccc6ccccc6c5)c4c3)ccc2c1. The van der Waals surface area contributed by atoms with Gasteiger partial charge in [-0.3, -0.25) is 4.79 Å². The standard InChI is InChI=1S/C52H34.C45H28O/c1-2-10-35(11-3-1)18-19-36-20-21-42-31-43(25-24-41(42)30-36)44-28-29-49-50(34-44)52(46-27-23-38-13-5-7-15-40(38)33-46)48-17-9-8-16-47(48)51(49)45-26-22-37-12-4-6-14-39(37)32-45;46-28-29-13-14-35-24-36(18-17-34(35)23-29)37-21-22-42-43(27-37)45(39-20-16-31-8-2-4-10-33(31)26-39)41-12-6-5-11-40(41)44(42)38-19-15-30-7-1-3-9-32(30)25-38/h1-34H;1-28H/b19-18+;. The second-order valence-corrected chi connectivity index (χ2v) is 25.9. The van der Waals surface area contributed by atoms with Crippen LogP contribution in [0.3, 0.4) is 0 Å². The van der Waals surface area contributed by atoms with Crippen molar-refractivity contribution in [2.45, 2.75) is 0 Å². The van der Waals surface area contributed by atoms with E-state index in [1.807, 2.05) is 18.2 Å². The zero-order valence-electron chi connectivity index (χ0n) is 53.7. The third kappa shape index (κ3) is 10.6. The molecule has 19 aromatic rings. The topological polar surface area (TPSA) is 17.1 Å². The Hall–Kier alpha value is -12.8. The Morgan fingerprint density at radius 1 is 0.153 bits per heavy atom. The minimum Gasteiger partial charge on any atom is -0.298 e. The van der Waals surface area contributed by atoms with Gasteiger partial charge in [-0.25, -0.2) is 0 Å². The summed E-state index contributed by atoms with van der Waals surface area (Å²) < 4.78 is 0. The number of carbonyl (C=O) groups excluding carboxylic acids is 1. The van der Waals surface area contributed by atoms with E-state index in [2.05, 4.69) is 352 Å². The molecule has 0 amide bonds. The summed E-state index contributed by atoms with van der Waals surface area (Å²) in [6.45, 7) is 0. The Balaban J connectivity index is 0.000000143. The molecule has 1 nitrogen and oxygen atoms in total. The smallest absolute Gasteiger partial charge is 0.150 e. The van der Waals surface area contributed by atoms with Crippen molar-refractivity contribution in [1.29, 1.82) is 0 Å². The highest BCUT2D eigenvalue weighted by Crippen LogP contribution is 2.48. The van der Waals surface area contributed by atoms with E-state index in [-0.39, 0.29) is 0 Å². The van der Waals surface area contributed by atoms with Crippen molar-refractivity contribution >= 4 is 126 Å². The van der Waals surface area contributed by atoms with E-state index in [0.29, 0.717) is 5.56 Å². The molecular weight excluding hydrogens is 1180 g/mol. The van der Waals surface area contributed by atoms with Crippen LogP contribution in [0.5, 0.6) is 0 Å². The first kappa shape index (κ1) is 57.8. The van der Waals surface area contributed by atoms with Crippen molar-refractivity contribution in [3.05, 3.63) is 375 Å². The minimum absolute atomic E-state index is 0.694. The second-order valence-electron chi connectivity index (χ2n) is 25.9. The number of hydrogen-bond acceptors (Lipinski definition) is 1. The van der Waals surface area contributed by atoms with Crippen LogP contribution in [0.1, 0.15) is 21.5 Å². The fourth-order valence-electron chi connectivity index (χ4n) is 15.2. The van der Waals surface area contributed by atoms with Gasteiger partial charge in [-0.05, 0) is 246 Å². The second kappa shape index (κ2) is 24.5. The molecule has 0 atom stereocenters. The van der Waals surface area contributed by atoms with Gasteiger partial charge in [0.25, 0.3) is 0 Å². The average molecular weight is 1240 g/mol. The Morgan fingerprint density at radius 2 is 0.398 bits per heavy atom. The molecule has 0 fully saturated rings. The van der Waals surface area contributed by atoms with Gasteiger partial charge in [0.2, 0.25) is 0 Å². The summed E-state index contributed by atoms with van der Waals surface area (Å²) in [6, 6.07) is 130. The molecule has 456 valence electrons. The van der Waals surface area contributed by atoms with Crippen LogP contribution in [-0.2, 0) is 0 Å². The molecule has 98 heavy (non-hydrogen) atoms. The maximum Gasteiger partial charge on any atom is 0.150 e. The zero-order chi connectivity index (χ0) is 65.0. The number of hydrogen-bond donors (Lipinski definition) is 0. The fourth-order valence-corrected chi connectivity index (χ4v) is 15.2. The van der Waals surface area contributed by atoms with Crippen molar-refractivity contribution in [3.63, 3.8) is 0 Å². The van der Waals surface area contributed by atoms with E-state index >= 15 is 0 Å². The maximum absolute atomic E-state index is 11.4. The lowest BCUT2D eigenvalue weighted by atomic mass is 9.84. The van der Waals surface area contributed by atoms with Crippen LogP contribution in [0.4, 0.5) is 0 Å². The van der Waals surface area contributed by atoms with Gasteiger partial charge < -0.3 is 0 Å². The molecule has 0 spiro atoms. The van der Waals surface area contributed by atoms with E-state index in [0.717, 1.165) is 28.2 Å². The predicted octanol–water partition coefficient (Wildman–Crippen LogP) is 26.9. The Kier molecular flexibility index (Phi) is 14.5. The third-order valence-electron chi connectivity index (χ3n) is 20.0. The summed E-state index contributed by atoms with van der Waals surface area (Å²) in [4.78, 5) is 11.4. The summed E-state index contributed by atoms with van der Waals surface area (Å²) in [7, 11) is 0. The van der Waals surface area contributed by atoms with E-state index in [1.165, 1.54) is 164 Å². The first-order valence-corrected chi connectivity index (χ1v) is 33.7. The molecule has 0 N–H and O–H groups in total. The van der Waals surface area contributed by atoms with E-state index in [1.54, 1.807) is 0 Å². The van der Waals surface area contributed by atoms with Gasteiger partial charge in [-0.1, -0.05) is 309 Å². The molecule has 0 aliphatic rings. The summed E-state index contributed by atoms with van der Waals surface area (Å²) in [5.41, 5.74) is 17.8. The molecule has 0 saturated carbocycles. The molecule has 0 aliphatic carbocycles. The number of carbonyl (C=O) groups is 1. The van der Waals surface area contributed by atoms with E-state index in [9.17, 15) is 4.79 Å². The van der Waals surface area contributed by atoms with Crippen LogP contribution < -0.4 is 0 Å². The van der Waals surface area contributed by atoms with Crippen molar-refractivity contribution < 1.29 is 4.79 Å². The molecule has 1 heteroatoms. The summed E-state index contributed by atoms with van der Waals surface area (Å²) in [5.74, 6) is 0. The summed E-state index contributed by atoms with van der Waals surface area (Å²) in [5, 5.41) is 24.6. The highest BCUT2D eigenvalue weighted by molar-refractivity contribution is 6.24. The lowest BCUT2D eigenvalue weighted by Crippen LogP contribution is -1.92. The highest BCUT2D eigenvalue weighted by atomic mass is 16.1. The molecule has 0 bridgehead atoms. The normalized spacial score (nSPS) is 11.7. The molecule has 19 aromatic carbocycles. The monoisotopic (exact) mass is 1240 g/mol. The largest absolute Gasteiger partial charge is 0.298 e. The van der Waals surface area contributed by atoms with Gasteiger partial charge in [0.05, 0.1) is 0 Å². The number of aldehydes is 1. The zero-order valence-corrected chi connectivity index (χ0v) is 53.7. The van der Waals surface area contributed by atoms with Crippen LogP contribution in [0.15, 0.2) is 358 Å². The van der Waals surface area contributed by atoms with Crippen LogP contribution >= 0.6 is 0 Å². The number of benzene rings is 19. The van der Waals surface area contributed by atoms with E-state index < -0.39 is 0 Å². The molecule has 0 radical (unpaired) electrons. The fraction of sp³-hybridized carbons (Fsp3) is 0.